The van der Waals surface area contributed by atoms with Crippen molar-refractivity contribution < 1.29 is 17.7 Å². The molecule has 5 heteroatoms. The molecule has 0 radical (unpaired) electrons. The molecular weight excluding hydrogens is 243 g/mol. The van der Waals surface area contributed by atoms with Crippen molar-refractivity contribution in [2.75, 3.05) is 5.75 Å². The van der Waals surface area contributed by atoms with Crippen LogP contribution in [0.15, 0.2) is 0 Å². The van der Waals surface area contributed by atoms with Gasteiger partial charge in [-0.05, 0) is 6.42 Å². The lowest BCUT2D eigenvalue weighted by atomic mass is 10.1. The monoisotopic (exact) mass is 270 g/mol. The van der Waals surface area contributed by atoms with Gasteiger partial charge in [-0.2, -0.15) is 8.42 Å². The Balaban J connectivity index is 0. The van der Waals surface area contributed by atoms with Gasteiger partial charge in [0.1, 0.15) is 0 Å². The lowest BCUT2D eigenvalue weighted by molar-refractivity contribution is 0.478. The van der Waals surface area contributed by atoms with Crippen LogP contribution in [0.3, 0.4) is 0 Å². The minimum absolute atomic E-state index is 0. The molecule has 0 spiro atoms. The van der Waals surface area contributed by atoms with Gasteiger partial charge in [-0.15, -0.1) is 0 Å². The summed E-state index contributed by atoms with van der Waals surface area (Å²) in [4.78, 5) is 0. The van der Waals surface area contributed by atoms with E-state index in [4.69, 9.17) is 4.55 Å². The van der Waals surface area contributed by atoms with Crippen LogP contribution in [0.5, 0.6) is 0 Å². The molecule has 0 heterocycles. The standard InChI is InChI=1S/C12H26O3S.FH/c1-2-3-4-5-6-7-8-9-10-11-12-16(13,14)15;/h2-12H2,1H3,(H,13,14,15);1H. The number of rotatable bonds is 11. The topological polar surface area (TPSA) is 54.4 Å². The molecule has 0 aromatic heterocycles. The van der Waals surface area contributed by atoms with Crippen molar-refractivity contribution in [3.05, 3.63) is 0 Å². The second-order valence-corrected chi connectivity index (χ2v) is 6.04. The smallest absolute Gasteiger partial charge is 0.264 e. The van der Waals surface area contributed by atoms with Crippen molar-refractivity contribution in [3.8, 4) is 0 Å². The second kappa shape index (κ2) is 12.3. The zero-order chi connectivity index (χ0) is 12.3. The Bertz CT molecular complexity index is 240. The van der Waals surface area contributed by atoms with E-state index >= 15 is 0 Å². The predicted molar refractivity (Wildman–Crippen MR) is 70.8 cm³/mol. The molecule has 0 amide bonds. The average Bonchev–Trinajstić information content (AvgIpc) is 2.19. The lowest BCUT2D eigenvalue weighted by Gasteiger charge is -2.01. The van der Waals surface area contributed by atoms with Gasteiger partial charge in [0.15, 0.2) is 0 Å². The summed E-state index contributed by atoms with van der Waals surface area (Å²) < 4.78 is 29.4. The summed E-state index contributed by atoms with van der Waals surface area (Å²) in [7, 11) is -3.73. The average molecular weight is 270 g/mol. The third-order valence-electron chi connectivity index (χ3n) is 2.76. The summed E-state index contributed by atoms with van der Waals surface area (Å²) in [5, 5.41) is 0. The number of hydrogen-bond acceptors (Lipinski definition) is 2. The van der Waals surface area contributed by atoms with Crippen molar-refractivity contribution in [1.29, 1.82) is 0 Å². The molecule has 0 rings (SSSR count). The molecule has 0 saturated carbocycles. The summed E-state index contributed by atoms with van der Waals surface area (Å²) >= 11 is 0. The minimum Gasteiger partial charge on any atom is -0.286 e. The van der Waals surface area contributed by atoms with Crippen LogP contribution in [0.25, 0.3) is 0 Å². The van der Waals surface area contributed by atoms with Crippen LogP contribution in [0.4, 0.5) is 4.70 Å². The highest BCUT2D eigenvalue weighted by molar-refractivity contribution is 7.85. The summed E-state index contributed by atoms with van der Waals surface area (Å²) in [6.07, 6.45) is 11.7. The van der Waals surface area contributed by atoms with E-state index in [0.29, 0.717) is 6.42 Å². The normalized spacial score (nSPS) is 11.2. The fourth-order valence-electron chi connectivity index (χ4n) is 1.77. The maximum atomic E-state index is 10.4. The van der Waals surface area contributed by atoms with E-state index in [1.807, 2.05) is 0 Å². The zero-order valence-electron chi connectivity index (χ0n) is 10.9. The molecule has 3 nitrogen and oxygen atoms in total. The molecule has 0 saturated heterocycles. The maximum absolute atomic E-state index is 10.4. The van der Waals surface area contributed by atoms with Crippen LogP contribution in [0.1, 0.15) is 71.1 Å². The summed E-state index contributed by atoms with van der Waals surface area (Å²) in [6, 6.07) is 0. The van der Waals surface area contributed by atoms with Crippen molar-refractivity contribution in [3.63, 3.8) is 0 Å². The Morgan fingerprint density at radius 3 is 1.47 bits per heavy atom. The van der Waals surface area contributed by atoms with Crippen LogP contribution in [0, 0.1) is 0 Å². The van der Waals surface area contributed by atoms with Gasteiger partial charge in [0.25, 0.3) is 10.1 Å². The van der Waals surface area contributed by atoms with Crippen LogP contribution in [0.2, 0.25) is 0 Å². The van der Waals surface area contributed by atoms with Gasteiger partial charge < -0.3 is 0 Å². The minimum atomic E-state index is -3.73. The Labute approximate surface area is 105 Å². The Hall–Kier alpha value is -0.160. The van der Waals surface area contributed by atoms with E-state index in [9.17, 15) is 8.42 Å². The van der Waals surface area contributed by atoms with Gasteiger partial charge in [-0.1, -0.05) is 64.7 Å². The van der Waals surface area contributed by atoms with Crippen LogP contribution in [-0.4, -0.2) is 18.7 Å². The van der Waals surface area contributed by atoms with Crippen molar-refractivity contribution in [1.82, 2.24) is 0 Å². The quantitative estimate of drug-likeness (QED) is 0.457. The van der Waals surface area contributed by atoms with Crippen LogP contribution in [-0.2, 0) is 10.1 Å². The highest BCUT2D eigenvalue weighted by Gasteiger charge is 2.02. The molecule has 0 aromatic carbocycles. The lowest BCUT2D eigenvalue weighted by Crippen LogP contribution is -2.03. The molecule has 1 N–H and O–H groups in total. The van der Waals surface area contributed by atoms with E-state index in [1.54, 1.807) is 0 Å². The Morgan fingerprint density at radius 2 is 1.12 bits per heavy atom. The van der Waals surface area contributed by atoms with Crippen molar-refractivity contribution in [2.24, 2.45) is 0 Å². The van der Waals surface area contributed by atoms with Gasteiger partial charge >= 0.3 is 0 Å². The van der Waals surface area contributed by atoms with Gasteiger partial charge in [0, 0.05) is 0 Å². The highest BCUT2D eigenvalue weighted by atomic mass is 32.2. The van der Waals surface area contributed by atoms with E-state index in [0.717, 1.165) is 12.8 Å². The zero-order valence-corrected chi connectivity index (χ0v) is 11.7. The number of unbranched alkanes of at least 4 members (excludes halogenated alkanes) is 9. The van der Waals surface area contributed by atoms with Crippen molar-refractivity contribution in [2.45, 2.75) is 71.1 Å². The fraction of sp³-hybridized carbons (Fsp3) is 1.00. The van der Waals surface area contributed by atoms with E-state index in [2.05, 4.69) is 6.92 Å². The predicted octanol–water partition coefficient (Wildman–Crippen LogP) is 3.95. The molecule has 0 aromatic rings. The number of halogens is 1. The number of hydrogen-bond donors (Lipinski definition) is 1. The highest BCUT2D eigenvalue weighted by Crippen LogP contribution is 2.10. The summed E-state index contributed by atoms with van der Waals surface area (Å²) in [5.74, 6) is -0.0799. The first-order chi connectivity index (χ1) is 7.56. The SMILES string of the molecule is CCCCCCCCCCCCS(=O)(=O)O.F. The first-order valence-corrected chi connectivity index (χ1v) is 8.12. The maximum Gasteiger partial charge on any atom is 0.264 e. The van der Waals surface area contributed by atoms with Crippen molar-refractivity contribution >= 4 is 10.1 Å². The summed E-state index contributed by atoms with van der Waals surface area (Å²) in [6.45, 7) is 2.22. The third-order valence-corrected chi connectivity index (χ3v) is 3.56. The first kappa shape index (κ1) is 19.2. The molecule has 0 unspecified atom stereocenters. The molecule has 17 heavy (non-hydrogen) atoms. The molecule has 0 aliphatic rings. The second-order valence-electron chi connectivity index (χ2n) is 4.47. The fourth-order valence-corrected chi connectivity index (χ4v) is 2.34. The third kappa shape index (κ3) is 18.4. The van der Waals surface area contributed by atoms with Crippen LogP contribution >= 0.6 is 0 Å². The molecule has 0 aliphatic heterocycles. The Kier molecular flexibility index (Phi) is 13.9. The van der Waals surface area contributed by atoms with Gasteiger partial charge in [-0.25, -0.2) is 0 Å². The molecule has 0 bridgehead atoms. The largest absolute Gasteiger partial charge is 0.286 e. The summed E-state index contributed by atoms with van der Waals surface area (Å²) in [5.41, 5.74) is 0. The van der Waals surface area contributed by atoms with E-state index in [-0.39, 0.29) is 10.5 Å². The van der Waals surface area contributed by atoms with E-state index in [1.165, 1.54) is 44.9 Å². The molecule has 0 aliphatic carbocycles. The first-order valence-electron chi connectivity index (χ1n) is 6.51. The van der Waals surface area contributed by atoms with Gasteiger partial charge in [0.05, 0.1) is 5.75 Å². The van der Waals surface area contributed by atoms with E-state index < -0.39 is 10.1 Å². The Morgan fingerprint density at radius 1 is 0.765 bits per heavy atom. The van der Waals surface area contributed by atoms with Crippen LogP contribution < -0.4 is 0 Å². The molecular formula is C12H27FO3S. The van der Waals surface area contributed by atoms with Gasteiger partial charge in [0.2, 0.25) is 0 Å². The molecule has 0 atom stereocenters. The molecule has 0 fully saturated rings. The van der Waals surface area contributed by atoms with Gasteiger partial charge in [-0.3, -0.25) is 9.26 Å². The molecule has 106 valence electrons.